The Morgan fingerprint density at radius 3 is 2.67 bits per heavy atom. The minimum Gasteiger partial charge on any atom is -0.398 e. The molecular formula is C10H9BrN4O2S. The second-order valence-corrected chi connectivity index (χ2v) is 5.93. The molecule has 0 unspecified atom stereocenters. The van der Waals surface area contributed by atoms with Gasteiger partial charge in [-0.25, -0.2) is 8.42 Å². The minimum absolute atomic E-state index is 0.0919. The Morgan fingerprint density at radius 1 is 1.28 bits per heavy atom. The summed E-state index contributed by atoms with van der Waals surface area (Å²) in [5.74, 6) is 0.158. The highest BCUT2D eigenvalue weighted by molar-refractivity contribution is 9.10. The highest BCUT2D eigenvalue weighted by Gasteiger charge is 2.15. The van der Waals surface area contributed by atoms with Crippen molar-refractivity contribution in [1.29, 1.82) is 0 Å². The van der Waals surface area contributed by atoms with Gasteiger partial charge in [-0.05, 0) is 46.3 Å². The van der Waals surface area contributed by atoms with Crippen LogP contribution in [0.4, 0.5) is 11.5 Å². The van der Waals surface area contributed by atoms with Gasteiger partial charge in [0.25, 0.3) is 10.0 Å². The Hall–Kier alpha value is -1.67. The zero-order valence-corrected chi connectivity index (χ0v) is 11.4. The third kappa shape index (κ3) is 2.77. The summed E-state index contributed by atoms with van der Waals surface area (Å²) in [5.41, 5.74) is 6.07. The first-order valence-corrected chi connectivity index (χ1v) is 7.12. The number of rotatable bonds is 3. The molecule has 1 heterocycles. The number of nitrogens with zero attached hydrogens (tertiary/aromatic N) is 2. The van der Waals surface area contributed by atoms with Gasteiger partial charge in [0.05, 0.1) is 4.90 Å². The number of sulfonamides is 1. The number of nitrogen functional groups attached to an aromatic ring is 1. The lowest BCUT2D eigenvalue weighted by Gasteiger charge is -2.07. The Balaban J connectivity index is 2.34. The van der Waals surface area contributed by atoms with Crippen LogP contribution >= 0.6 is 15.9 Å². The lowest BCUT2D eigenvalue weighted by Crippen LogP contribution is -2.14. The Morgan fingerprint density at radius 2 is 2.06 bits per heavy atom. The van der Waals surface area contributed by atoms with Crippen LogP contribution in [0.15, 0.2) is 45.9 Å². The van der Waals surface area contributed by atoms with Crippen LogP contribution in [0.25, 0.3) is 0 Å². The summed E-state index contributed by atoms with van der Waals surface area (Å²) in [6, 6.07) is 7.45. The third-order valence-electron chi connectivity index (χ3n) is 2.09. The van der Waals surface area contributed by atoms with Crippen molar-refractivity contribution in [2.75, 3.05) is 10.5 Å². The fourth-order valence-electron chi connectivity index (χ4n) is 1.23. The van der Waals surface area contributed by atoms with Crippen molar-refractivity contribution in [3.05, 3.63) is 41.0 Å². The van der Waals surface area contributed by atoms with Crippen LogP contribution in [-0.4, -0.2) is 18.6 Å². The number of benzene rings is 1. The zero-order valence-electron chi connectivity index (χ0n) is 9.04. The van der Waals surface area contributed by atoms with Crippen LogP contribution in [0.1, 0.15) is 0 Å². The quantitative estimate of drug-likeness (QED) is 0.834. The molecule has 0 amide bonds. The average molecular weight is 329 g/mol. The van der Waals surface area contributed by atoms with Gasteiger partial charge in [-0.3, -0.25) is 4.72 Å². The van der Waals surface area contributed by atoms with Gasteiger partial charge in [-0.1, -0.05) is 0 Å². The van der Waals surface area contributed by atoms with Gasteiger partial charge in [-0.15, -0.1) is 5.10 Å². The molecule has 18 heavy (non-hydrogen) atoms. The molecule has 0 fully saturated rings. The maximum atomic E-state index is 12.0. The molecule has 94 valence electrons. The summed E-state index contributed by atoms with van der Waals surface area (Å²) in [7, 11) is -3.69. The molecule has 0 spiro atoms. The standard InChI is InChI=1S/C10H9BrN4O2S/c11-8-6-7(3-4-9(8)12)18(16,17)15-10-2-1-5-13-14-10/h1-6H,12H2,(H,14,15). The maximum absolute atomic E-state index is 12.0. The molecule has 3 N–H and O–H groups in total. The van der Waals surface area contributed by atoms with E-state index in [0.29, 0.717) is 10.2 Å². The van der Waals surface area contributed by atoms with E-state index in [1.165, 1.54) is 30.5 Å². The normalized spacial score (nSPS) is 11.2. The molecule has 0 aliphatic rings. The van der Waals surface area contributed by atoms with E-state index in [-0.39, 0.29) is 10.7 Å². The lowest BCUT2D eigenvalue weighted by atomic mass is 10.3. The van der Waals surface area contributed by atoms with Crippen molar-refractivity contribution in [1.82, 2.24) is 10.2 Å². The Labute approximate surface area is 112 Å². The van der Waals surface area contributed by atoms with Gasteiger partial charge in [0.2, 0.25) is 0 Å². The molecular weight excluding hydrogens is 320 g/mol. The van der Waals surface area contributed by atoms with Gasteiger partial charge in [0.15, 0.2) is 5.82 Å². The van der Waals surface area contributed by atoms with Gasteiger partial charge in [0.1, 0.15) is 0 Å². The smallest absolute Gasteiger partial charge is 0.263 e. The molecule has 0 radical (unpaired) electrons. The second-order valence-electron chi connectivity index (χ2n) is 3.40. The van der Waals surface area contributed by atoms with Crippen molar-refractivity contribution in [2.24, 2.45) is 0 Å². The number of halogens is 1. The average Bonchev–Trinajstić information content (AvgIpc) is 2.33. The highest BCUT2D eigenvalue weighted by Crippen LogP contribution is 2.23. The summed E-state index contributed by atoms with van der Waals surface area (Å²) in [4.78, 5) is 0.0919. The molecule has 8 heteroatoms. The minimum atomic E-state index is -3.69. The third-order valence-corrected chi connectivity index (χ3v) is 4.13. The summed E-state index contributed by atoms with van der Waals surface area (Å²) in [5, 5.41) is 7.24. The van der Waals surface area contributed by atoms with E-state index in [1.54, 1.807) is 6.07 Å². The molecule has 1 aromatic heterocycles. The molecule has 0 aliphatic heterocycles. The van der Waals surface area contributed by atoms with E-state index < -0.39 is 10.0 Å². The summed E-state index contributed by atoms with van der Waals surface area (Å²) >= 11 is 3.18. The predicted octanol–water partition coefficient (Wildman–Crippen LogP) is 1.62. The monoisotopic (exact) mass is 328 g/mol. The van der Waals surface area contributed by atoms with Crippen LogP contribution < -0.4 is 10.5 Å². The summed E-state index contributed by atoms with van der Waals surface area (Å²) in [6.07, 6.45) is 1.46. The number of aromatic nitrogens is 2. The fraction of sp³-hybridized carbons (Fsp3) is 0. The molecule has 1 aromatic carbocycles. The van der Waals surface area contributed by atoms with Crippen LogP contribution in [0.5, 0.6) is 0 Å². The molecule has 6 nitrogen and oxygen atoms in total. The van der Waals surface area contributed by atoms with Crippen molar-refractivity contribution in [3.63, 3.8) is 0 Å². The van der Waals surface area contributed by atoms with E-state index in [2.05, 4.69) is 30.8 Å². The van der Waals surface area contributed by atoms with Crippen LogP contribution in [0, 0.1) is 0 Å². The van der Waals surface area contributed by atoms with Crippen LogP contribution in [0.2, 0.25) is 0 Å². The zero-order chi connectivity index (χ0) is 13.2. The molecule has 0 bridgehead atoms. The SMILES string of the molecule is Nc1ccc(S(=O)(=O)Nc2cccnn2)cc1Br. The van der Waals surface area contributed by atoms with Crippen molar-refractivity contribution in [3.8, 4) is 0 Å². The number of nitrogens with two attached hydrogens (primary N) is 1. The Bertz CT molecular complexity index is 661. The first kappa shape index (κ1) is 12.8. The fourth-order valence-corrected chi connectivity index (χ4v) is 2.78. The van der Waals surface area contributed by atoms with Crippen molar-refractivity contribution in [2.45, 2.75) is 4.90 Å². The summed E-state index contributed by atoms with van der Waals surface area (Å²) in [6.45, 7) is 0. The molecule has 0 saturated heterocycles. The predicted molar refractivity (Wildman–Crippen MR) is 71.4 cm³/mol. The first-order chi connectivity index (χ1) is 8.49. The number of nitrogens with one attached hydrogen (secondary N) is 1. The Kier molecular flexibility index (Phi) is 3.48. The van der Waals surface area contributed by atoms with E-state index in [1.807, 2.05) is 0 Å². The number of hydrogen-bond donors (Lipinski definition) is 2. The van der Waals surface area contributed by atoms with Crippen LogP contribution in [-0.2, 0) is 10.0 Å². The molecule has 0 aliphatic carbocycles. The van der Waals surface area contributed by atoms with E-state index in [0.717, 1.165) is 0 Å². The van der Waals surface area contributed by atoms with E-state index in [4.69, 9.17) is 5.73 Å². The number of anilines is 2. The second kappa shape index (κ2) is 4.91. The van der Waals surface area contributed by atoms with E-state index >= 15 is 0 Å². The first-order valence-electron chi connectivity index (χ1n) is 4.84. The summed E-state index contributed by atoms with van der Waals surface area (Å²) < 4.78 is 26.9. The lowest BCUT2D eigenvalue weighted by molar-refractivity contribution is 0.601. The van der Waals surface area contributed by atoms with E-state index in [9.17, 15) is 8.42 Å². The van der Waals surface area contributed by atoms with Gasteiger partial charge in [0, 0.05) is 16.4 Å². The van der Waals surface area contributed by atoms with Gasteiger partial charge >= 0.3 is 0 Å². The van der Waals surface area contributed by atoms with Crippen molar-refractivity contribution >= 4 is 37.5 Å². The molecule has 0 atom stereocenters. The maximum Gasteiger partial charge on any atom is 0.263 e. The van der Waals surface area contributed by atoms with Gasteiger partial charge in [-0.2, -0.15) is 5.10 Å². The van der Waals surface area contributed by atoms with Crippen molar-refractivity contribution < 1.29 is 8.42 Å². The molecule has 0 saturated carbocycles. The van der Waals surface area contributed by atoms with Gasteiger partial charge < -0.3 is 5.73 Å². The number of hydrogen-bond acceptors (Lipinski definition) is 5. The largest absolute Gasteiger partial charge is 0.398 e. The highest BCUT2D eigenvalue weighted by atomic mass is 79.9. The van der Waals surface area contributed by atoms with Crippen LogP contribution in [0.3, 0.4) is 0 Å². The topological polar surface area (TPSA) is 98.0 Å². The molecule has 2 rings (SSSR count). The molecule has 2 aromatic rings.